The van der Waals surface area contributed by atoms with Crippen LogP contribution < -0.4 is 5.32 Å². The topological polar surface area (TPSA) is 82.5 Å². The molecule has 7 nitrogen and oxygen atoms in total. The third kappa shape index (κ3) is 4.15. The highest BCUT2D eigenvalue weighted by molar-refractivity contribution is 5.96. The van der Waals surface area contributed by atoms with Crippen molar-refractivity contribution in [2.45, 2.75) is 52.6 Å². The molecule has 3 rings (SSSR count). The maximum atomic E-state index is 12.6. The number of aromatic nitrogens is 2. The van der Waals surface area contributed by atoms with Gasteiger partial charge in [0.2, 0.25) is 5.91 Å². The minimum atomic E-state index is -0.0605. The summed E-state index contributed by atoms with van der Waals surface area (Å²) < 4.78 is 12.8. The number of nitrogens with one attached hydrogen (secondary N) is 1. The first-order valence-electron chi connectivity index (χ1n) is 9.47. The van der Waals surface area contributed by atoms with E-state index in [9.17, 15) is 9.59 Å². The molecule has 3 heterocycles. The van der Waals surface area contributed by atoms with Gasteiger partial charge in [0.25, 0.3) is 0 Å². The molecule has 26 heavy (non-hydrogen) atoms. The fourth-order valence-corrected chi connectivity index (χ4v) is 4.30. The van der Waals surface area contributed by atoms with Crippen molar-refractivity contribution in [2.24, 2.45) is 11.8 Å². The minimum absolute atomic E-state index is 0.0179. The molecule has 2 fully saturated rings. The minimum Gasteiger partial charge on any atom is -0.381 e. The lowest BCUT2D eigenvalue weighted by atomic mass is 9.79. The summed E-state index contributed by atoms with van der Waals surface area (Å²) in [6.45, 7) is 8.27. The number of ether oxygens (including phenoxy) is 2. The van der Waals surface area contributed by atoms with Crippen molar-refractivity contribution < 1.29 is 19.1 Å². The number of amides is 1. The smallest absolute Gasteiger partial charge is 0.241 e. The van der Waals surface area contributed by atoms with Crippen LogP contribution in [-0.4, -0.2) is 53.9 Å². The molecule has 144 valence electrons. The van der Waals surface area contributed by atoms with Crippen LogP contribution in [0.25, 0.3) is 0 Å². The molecular weight excluding hydrogens is 334 g/mol. The normalized spacial score (nSPS) is 24.4. The van der Waals surface area contributed by atoms with E-state index in [1.807, 2.05) is 6.92 Å². The number of hydrogen-bond donors (Lipinski definition) is 1. The zero-order valence-corrected chi connectivity index (χ0v) is 15.9. The molecule has 1 amide bonds. The Morgan fingerprint density at radius 3 is 2.50 bits per heavy atom. The van der Waals surface area contributed by atoms with Gasteiger partial charge in [-0.2, -0.15) is 5.10 Å². The van der Waals surface area contributed by atoms with Crippen molar-refractivity contribution in [3.63, 3.8) is 0 Å². The monoisotopic (exact) mass is 363 g/mol. The van der Waals surface area contributed by atoms with Crippen LogP contribution in [-0.2, 0) is 20.8 Å². The maximum Gasteiger partial charge on any atom is 0.241 e. The molecule has 0 spiro atoms. The summed E-state index contributed by atoms with van der Waals surface area (Å²) in [6, 6.07) is 0.128. The van der Waals surface area contributed by atoms with Gasteiger partial charge in [-0.1, -0.05) is 0 Å². The molecule has 0 aliphatic carbocycles. The molecule has 0 radical (unpaired) electrons. The van der Waals surface area contributed by atoms with E-state index in [-0.39, 0.29) is 24.3 Å². The first-order chi connectivity index (χ1) is 12.5. The number of aryl methyl sites for hydroxylation is 1. The van der Waals surface area contributed by atoms with Crippen molar-refractivity contribution in [1.29, 1.82) is 0 Å². The van der Waals surface area contributed by atoms with Gasteiger partial charge in [-0.25, -0.2) is 0 Å². The Bertz CT molecular complexity index is 664. The van der Waals surface area contributed by atoms with E-state index < -0.39 is 0 Å². The standard InChI is InChI=1S/C19H29N3O4/c1-12-19(14(3)23)13(2)22(21-12)10-18(24)20-17-6-9-26-11-16(17)15-4-7-25-8-5-15/h15-17H,4-11H2,1-3H3,(H,20,24)/t16-,17-/m1/s1. The summed E-state index contributed by atoms with van der Waals surface area (Å²) in [5.74, 6) is 0.794. The van der Waals surface area contributed by atoms with Crippen LogP contribution in [0.5, 0.6) is 0 Å². The fraction of sp³-hybridized carbons (Fsp3) is 0.737. The molecular formula is C19H29N3O4. The lowest BCUT2D eigenvalue weighted by molar-refractivity contribution is -0.124. The molecule has 0 saturated carbocycles. The molecule has 0 aromatic carbocycles. The second-order valence-electron chi connectivity index (χ2n) is 7.41. The van der Waals surface area contributed by atoms with Crippen molar-refractivity contribution in [3.05, 3.63) is 17.0 Å². The zero-order chi connectivity index (χ0) is 18.7. The third-order valence-electron chi connectivity index (χ3n) is 5.65. The molecule has 0 bridgehead atoms. The fourth-order valence-electron chi connectivity index (χ4n) is 4.30. The molecule has 1 aromatic rings. The summed E-state index contributed by atoms with van der Waals surface area (Å²) in [5.41, 5.74) is 2.04. The molecule has 1 N–H and O–H groups in total. The number of hydrogen-bond acceptors (Lipinski definition) is 5. The number of carbonyl (C=O) groups is 2. The van der Waals surface area contributed by atoms with Crippen molar-refractivity contribution in [2.75, 3.05) is 26.4 Å². The number of ketones is 1. The molecule has 0 unspecified atom stereocenters. The van der Waals surface area contributed by atoms with Crippen LogP contribution in [0.2, 0.25) is 0 Å². The van der Waals surface area contributed by atoms with Crippen molar-refractivity contribution in [3.8, 4) is 0 Å². The second-order valence-corrected chi connectivity index (χ2v) is 7.41. The predicted octanol–water partition coefficient (Wildman–Crippen LogP) is 1.65. The first kappa shape index (κ1) is 19.0. The van der Waals surface area contributed by atoms with Gasteiger partial charge >= 0.3 is 0 Å². The van der Waals surface area contributed by atoms with Crippen LogP contribution >= 0.6 is 0 Å². The van der Waals surface area contributed by atoms with Crippen LogP contribution in [0.1, 0.15) is 47.9 Å². The van der Waals surface area contributed by atoms with Gasteiger partial charge in [-0.05, 0) is 46.0 Å². The van der Waals surface area contributed by atoms with Gasteiger partial charge in [0, 0.05) is 37.5 Å². The highest BCUT2D eigenvalue weighted by Crippen LogP contribution is 2.30. The van der Waals surface area contributed by atoms with E-state index in [1.54, 1.807) is 11.6 Å². The Morgan fingerprint density at radius 2 is 1.85 bits per heavy atom. The molecule has 1 aromatic heterocycles. The Balaban J connectivity index is 1.64. The molecule has 7 heteroatoms. The van der Waals surface area contributed by atoms with E-state index in [2.05, 4.69) is 10.4 Å². The van der Waals surface area contributed by atoms with Gasteiger partial charge in [-0.15, -0.1) is 0 Å². The van der Waals surface area contributed by atoms with E-state index in [1.165, 1.54) is 6.92 Å². The van der Waals surface area contributed by atoms with E-state index in [0.29, 0.717) is 36.3 Å². The number of carbonyl (C=O) groups excluding carboxylic acids is 2. The highest BCUT2D eigenvalue weighted by Gasteiger charge is 2.34. The maximum absolute atomic E-state index is 12.6. The van der Waals surface area contributed by atoms with Gasteiger partial charge in [0.1, 0.15) is 6.54 Å². The number of Topliss-reactive ketones (excluding diaryl/α,β-unsaturated/α-hetero) is 1. The SMILES string of the molecule is CC(=O)c1c(C)nn(CC(=O)N[C@@H]2CCOC[C@@H]2C2CCOCC2)c1C. The average Bonchev–Trinajstić information content (AvgIpc) is 2.89. The summed E-state index contributed by atoms with van der Waals surface area (Å²) in [6.07, 6.45) is 2.89. The van der Waals surface area contributed by atoms with Crippen LogP contribution in [0.4, 0.5) is 0 Å². The molecule has 2 saturated heterocycles. The summed E-state index contributed by atoms with van der Waals surface area (Å²) in [4.78, 5) is 24.4. The van der Waals surface area contributed by atoms with Crippen LogP contribution in [0, 0.1) is 25.7 Å². The second kappa shape index (κ2) is 8.31. The molecule has 2 aliphatic heterocycles. The van der Waals surface area contributed by atoms with Crippen molar-refractivity contribution in [1.82, 2.24) is 15.1 Å². The molecule has 2 aliphatic rings. The lowest BCUT2D eigenvalue weighted by Crippen LogP contribution is -2.49. The van der Waals surface area contributed by atoms with Gasteiger partial charge in [0.15, 0.2) is 5.78 Å². The average molecular weight is 363 g/mol. The third-order valence-corrected chi connectivity index (χ3v) is 5.65. The molecule has 2 atom stereocenters. The summed E-state index contributed by atoms with van der Waals surface area (Å²) >= 11 is 0. The summed E-state index contributed by atoms with van der Waals surface area (Å²) in [7, 11) is 0. The van der Waals surface area contributed by atoms with E-state index in [4.69, 9.17) is 9.47 Å². The predicted molar refractivity (Wildman–Crippen MR) is 96.1 cm³/mol. The Hall–Kier alpha value is -1.73. The van der Waals surface area contributed by atoms with Crippen molar-refractivity contribution >= 4 is 11.7 Å². The summed E-state index contributed by atoms with van der Waals surface area (Å²) in [5, 5.41) is 7.56. The number of nitrogens with zero attached hydrogens (tertiary/aromatic N) is 2. The van der Waals surface area contributed by atoms with Gasteiger partial charge in [-0.3, -0.25) is 14.3 Å². The largest absolute Gasteiger partial charge is 0.381 e. The van der Waals surface area contributed by atoms with Crippen LogP contribution in [0.3, 0.4) is 0 Å². The Kier molecular flexibility index (Phi) is 6.09. The Morgan fingerprint density at radius 1 is 1.15 bits per heavy atom. The zero-order valence-electron chi connectivity index (χ0n) is 15.9. The van der Waals surface area contributed by atoms with Gasteiger partial charge in [0.05, 0.1) is 17.9 Å². The van der Waals surface area contributed by atoms with E-state index in [0.717, 1.165) is 38.2 Å². The number of rotatable bonds is 5. The lowest BCUT2D eigenvalue weighted by Gasteiger charge is -2.39. The quantitative estimate of drug-likeness (QED) is 0.805. The highest BCUT2D eigenvalue weighted by atomic mass is 16.5. The van der Waals surface area contributed by atoms with E-state index >= 15 is 0 Å². The Labute approximate surface area is 154 Å². The van der Waals surface area contributed by atoms with Gasteiger partial charge < -0.3 is 14.8 Å². The van der Waals surface area contributed by atoms with Crippen LogP contribution in [0.15, 0.2) is 0 Å². The first-order valence-corrected chi connectivity index (χ1v) is 9.47.